The Morgan fingerprint density at radius 3 is 2.95 bits per heavy atom. The first kappa shape index (κ1) is 15.1. The van der Waals surface area contributed by atoms with Crippen LogP contribution >= 0.6 is 0 Å². The van der Waals surface area contributed by atoms with Gasteiger partial charge >= 0.3 is 0 Å². The van der Waals surface area contributed by atoms with Crippen molar-refractivity contribution in [2.45, 2.75) is 26.2 Å². The largest absolute Gasteiger partial charge is 0.362 e. The molecule has 0 aromatic rings. The van der Waals surface area contributed by atoms with Gasteiger partial charge in [-0.25, -0.2) is 0 Å². The highest BCUT2D eigenvalue weighted by molar-refractivity contribution is 5.31. The Kier molecular flexibility index (Phi) is 6.09. The summed E-state index contributed by atoms with van der Waals surface area (Å²) in [7, 11) is 0. The van der Waals surface area contributed by atoms with E-state index in [1.54, 1.807) is 0 Å². The zero-order chi connectivity index (χ0) is 14.2. The average molecular weight is 273 g/mol. The Morgan fingerprint density at radius 1 is 1.35 bits per heavy atom. The van der Waals surface area contributed by atoms with Crippen molar-refractivity contribution >= 4 is 0 Å². The van der Waals surface area contributed by atoms with Crippen LogP contribution in [0.4, 0.5) is 0 Å². The van der Waals surface area contributed by atoms with E-state index in [1.165, 1.54) is 37.1 Å². The minimum Gasteiger partial charge on any atom is -0.362 e. The van der Waals surface area contributed by atoms with Crippen LogP contribution in [0.2, 0.25) is 0 Å². The first-order chi connectivity index (χ1) is 9.75. The van der Waals surface area contributed by atoms with E-state index in [0.717, 1.165) is 31.1 Å². The van der Waals surface area contributed by atoms with Crippen LogP contribution in [-0.2, 0) is 0 Å². The zero-order valence-electron chi connectivity index (χ0n) is 12.5. The maximum Gasteiger partial charge on any atom is 0.0336 e. The van der Waals surface area contributed by atoms with Crippen molar-refractivity contribution in [2.24, 2.45) is 5.92 Å². The SMILES string of the molecule is C=C1N/C=C(/CNCC2CCNCC2)C/C=C\C=C1C. The van der Waals surface area contributed by atoms with E-state index in [1.807, 2.05) is 0 Å². The van der Waals surface area contributed by atoms with Crippen LogP contribution in [-0.4, -0.2) is 26.2 Å². The molecule has 3 nitrogen and oxygen atoms in total. The molecule has 3 heteroatoms. The molecule has 0 spiro atoms. The molecule has 1 saturated heterocycles. The van der Waals surface area contributed by atoms with Crippen molar-refractivity contribution in [3.8, 4) is 0 Å². The van der Waals surface area contributed by atoms with Gasteiger partial charge in [0.1, 0.15) is 0 Å². The number of allylic oxidation sites excluding steroid dienone is 4. The third-order valence-corrected chi connectivity index (χ3v) is 4.03. The van der Waals surface area contributed by atoms with Crippen LogP contribution in [0.25, 0.3) is 0 Å². The van der Waals surface area contributed by atoms with Crippen molar-refractivity contribution in [2.75, 3.05) is 26.2 Å². The molecular formula is C17H27N3. The number of rotatable bonds is 4. The highest BCUT2D eigenvalue weighted by Crippen LogP contribution is 2.11. The van der Waals surface area contributed by atoms with Crippen LogP contribution in [0.15, 0.2) is 47.9 Å². The van der Waals surface area contributed by atoms with Crippen molar-refractivity contribution in [1.82, 2.24) is 16.0 Å². The number of hydrogen-bond donors (Lipinski definition) is 3. The minimum absolute atomic E-state index is 0.829. The molecule has 110 valence electrons. The molecule has 0 unspecified atom stereocenters. The number of hydrogen-bond acceptors (Lipinski definition) is 3. The lowest BCUT2D eigenvalue weighted by atomic mass is 9.98. The van der Waals surface area contributed by atoms with Gasteiger partial charge in [0.05, 0.1) is 0 Å². The predicted molar refractivity (Wildman–Crippen MR) is 86.3 cm³/mol. The molecular weight excluding hydrogens is 246 g/mol. The molecule has 2 heterocycles. The molecule has 2 rings (SSSR count). The zero-order valence-corrected chi connectivity index (χ0v) is 12.5. The lowest BCUT2D eigenvalue weighted by Gasteiger charge is -2.23. The molecule has 3 N–H and O–H groups in total. The molecule has 1 fully saturated rings. The molecule has 0 aromatic heterocycles. The maximum atomic E-state index is 4.04. The average Bonchev–Trinajstić information content (AvgIpc) is 2.55. The third-order valence-electron chi connectivity index (χ3n) is 4.03. The minimum atomic E-state index is 0.829. The molecule has 0 bridgehead atoms. The van der Waals surface area contributed by atoms with Crippen molar-refractivity contribution in [3.63, 3.8) is 0 Å². The van der Waals surface area contributed by atoms with Gasteiger partial charge in [0.15, 0.2) is 0 Å². The van der Waals surface area contributed by atoms with E-state index in [9.17, 15) is 0 Å². The fraction of sp³-hybridized carbons (Fsp3) is 0.529. The molecule has 2 aliphatic heterocycles. The van der Waals surface area contributed by atoms with Gasteiger partial charge in [-0.05, 0) is 62.9 Å². The van der Waals surface area contributed by atoms with Crippen LogP contribution in [0.3, 0.4) is 0 Å². The fourth-order valence-corrected chi connectivity index (χ4v) is 2.54. The van der Waals surface area contributed by atoms with Crippen LogP contribution in [0, 0.1) is 5.92 Å². The van der Waals surface area contributed by atoms with Gasteiger partial charge in [-0.15, -0.1) is 0 Å². The van der Waals surface area contributed by atoms with Crippen molar-refractivity contribution in [1.29, 1.82) is 0 Å². The van der Waals surface area contributed by atoms with Gasteiger partial charge in [-0.2, -0.15) is 0 Å². The second-order valence-corrected chi connectivity index (χ2v) is 5.73. The summed E-state index contributed by atoms with van der Waals surface area (Å²) < 4.78 is 0. The Balaban J connectivity index is 1.78. The summed E-state index contributed by atoms with van der Waals surface area (Å²) in [6, 6.07) is 0. The van der Waals surface area contributed by atoms with E-state index >= 15 is 0 Å². The summed E-state index contributed by atoms with van der Waals surface area (Å²) in [4.78, 5) is 0. The summed E-state index contributed by atoms with van der Waals surface area (Å²) in [6.45, 7) is 10.5. The normalized spacial score (nSPS) is 25.6. The van der Waals surface area contributed by atoms with Gasteiger partial charge in [0.2, 0.25) is 0 Å². The van der Waals surface area contributed by atoms with Gasteiger partial charge in [0, 0.05) is 18.4 Å². The van der Waals surface area contributed by atoms with Crippen LogP contribution < -0.4 is 16.0 Å². The molecule has 0 aliphatic carbocycles. The highest BCUT2D eigenvalue weighted by Gasteiger charge is 2.12. The number of piperidine rings is 1. The van der Waals surface area contributed by atoms with Crippen molar-refractivity contribution < 1.29 is 0 Å². The monoisotopic (exact) mass is 273 g/mol. The summed E-state index contributed by atoms with van der Waals surface area (Å²) in [5, 5.41) is 10.3. The summed E-state index contributed by atoms with van der Waals surface area (Å²) >= 11 is 0. The first-order valence-electron chi connectivity index (χ1n) is 7.64. The molecule has 0 aromatic carbocycles. The van der Waals surface area contributed by atoms with E-state index in [0.29, 0.717) is 0 Å². The molecule has 0 saturated carbocycles. The van der Waals surface area contributed by atoms with Crippen LogP contribution in [0.1, 0.15) is 26.2 Å². The second-order valence-electron chi connectivity index (χ2n) is 5.73. The Labute approximate surface area is 122 Å². The summed E-state index contributed by atoms with van der Waals surface area (Å²) in [5.74, 6) is 0.829. The lowest BCUT2D eigenvalue weighted by molar-refractivity contribution is 0.360. The summed E-state index contributed by atoms with van der Waals surface area (Å²) in [6.07, 6.45) is 12.1. The second kappa shape index (κ2) is 8.08. The van der Waals surface area contributed by atoms with Gasteiger partial charge in [-0.1, -0.05) is 24.8 Å². The Bertz CT molecular complexity index is 412. The number of nitrogens with one attached hydrogen (secondary N) is 3. The van der Waals surface area contributed by atoms with Gasteiger partial charge in [-0.3, -0.25) is 0 Å². The first-order valence-corrected chi connectivity index (χ1v) is 7.64. The summed E-state index contributed by atoms with van der Waals surface area (Å²) in [5.41, 5.74) is 3.54. The Morgan fingerprint density at radius 2 is 2.15 bits per heavy atom. The van der Waals surface area contributed by atoms with Crippen molar-refractivity contribution in [3.05, 3.63) is 47.9 Å². The highest BCUT2D eigenvalue weighted by atomic mass is 14.9. The molecule has 2 aliphatic rings. The Hall–Kier alpha value is -1.32. The van der Waals surface area contributed by atoms with Crippen LogP contribution in [0.5, 0.6) is 0 Å². The van der Waals surface area contributed by atoms with E-state index < -0.39 is 0 Å². The lowest BCUT2D eigenvalue weighted by Crippen LogP contribution is -2.34. The molecule has 0 atom stereocenters. The smallest absolute Gasteiger partial charge is 0.0336 e. The fourth-order valence-electron chi connectivity index (χ4n) is 2.54. The molecule has 0 amide bonds. The predicted octanol–water partition coefficient (Wildman–Crippen LogP) is 2.47. The molecule has 20 heavy (non-hydrogen) atoms. The van der Waals surface area contributed by atoms with Gasteiger partial charge < -0.3 is 16.0 Å². The van der Waals surface area contributed by atoms with E-state index in [4.69, 9.17) is 0 Å². The van der Waals surface area contributed by atoms with E-state index in [-0.39, 0.29) is 0 Å². The molecule has 0 radical (unpaired) electrons. The standard InChI is InChI=1S/C17H27N3/c1-14-5-3-4-6-17(13-20-15(14)2)12-19-11-16-7-9-18-10-8-16/h3-5,13,16,18-20H,2,6-12H2,1H3/b4-3-,14-5?,17-13+. The van der Waals surface area contributed by atoms with E-state index in [2.05, 4.69) is 53.9 Å². The third kappa shape index (κ3) is 4.99. The topological polar surface area (TPSA) is 36.1 Å². The van der Waals surface area contributed by atoms with Gasteiger partial charge in [0.25, 0.3) is 0 Å². The quantitative estimate of drug-likeness (QED) is 0.736. The maximum absolute atomic E-state index is 4.04.